The van der Waals surface area contributed by atoms with Gasteiger partial charge in [-0.15, -0.1) is 24.8 Å². The van der Waals surface area contributed by atoms with Crippen LogP contribution in [0.15, 0.2) is 12.4 Å². The summed E-state index contributed by atoms with van der Waals surface area (Å²) in [6.45, 7) is 3.09. The third kappa shape index (κ3) is 5.40. The van der Waals surface area contributed by atoms with E-state index in [4.69, 9.17) is 10.8 Å². The van der Waals surface area contributed by atoms with Crippen molar-refractivity contribution in [3.8, 4) is 0 Å². The summed E-state index contributed by atoms with van der Waals surface area (Å²) >= 11 is 0. The number of nitrogens with one attached hydrogen (secondary N) is 1. The van der Waals surface area contributed by atoms with Gasteiger partial charge in [-0.25, -0.2) is 9.97 Å². The average molecular weight is 323 g/mol. The lowest BCUT2D eigenvalue weighted by atomic mass is 9.79. The van der Waals surface area contributed by atoms with Gasteiger partial charge in [0.2, 0.25) is 0 Å². The molecule has 1 aromatic rings. The van der Waals surface area contributed by atoms with Crippen molar-refractivity contribution in [2.45, 2.75) is 38.1 Å². The molecular weight excluding hydrogens is 299 g/mol. The lowest BCUT2D eigenvalue weighted by Gasteiger charge is -2.31. The number of hydrogen-bond acceptors (Lipinski definition) is 5. The van der Waals surface area contributed by atoms with Gasteiger partial charge in [0.15, 0.2) is 0 Å². The van der Waals surface area contributed by atoms with E-state index in [1.165, 1.54) is 0 Å². The molecule has 0 aliphatic heterocycles. The average Bonchev–Trinajstić information content (AvgIpc) is 2.35. The van der Waals surface area contributed by atoms with E-state index in [-0.39, 0.29) is 31.4 Å². The Morgan fingerprint density at radius 3 is 2.70 bits per heavy atom. The zero-order valence-electron chi connectivity index (χ0n) is 11.7. The highest BCUT2D eigenvalue weighted by molar-refractivity contribution is 5.85. The first-order valence-corrected chi connectivity index (χ1v) is 6.61. The van der Waals surface area contributed by atoms with Crippen molar-refractivity contribution in [2.24, 2.45) is 11.7 Å². The third-order valence-corrected chi connectivity index (χ3v) is 3.54. The maximum absolute atomic E-state index is 8.95. The molecule has 0 spiro atoms. The fourth-order valence-corrected chi connectivity index (χ4v) is 2.13. The molecule has 1 aliphatic rings. The lowest BCUT2D eigenvalue weighted by molar-refractivity contribution is 0.233. The summed E-state index contributed by atoms with van der Waals surface area (Å²) in [5.41, 5.74) is 6.88. The largest absolute Gasteiger partial charge is 0.396 e. The Bertz CT molecular complexity index is 388. The monoisotopic (exact) mass is 322 g/mol. The molecule has 0 radical (unpaired) electrons. The van der Waals surface area contributed by atoms with Gasteiger partial charge in [-0.2, -0.15) is 0 Å². The van der Waals surface area contributed by atoms with Crippen LogP contribution in [-0.4, -0.2) is 34.3 Å². The van der Waals surface area contributed by atoms with Gasteiger partial charge in [-0.05, 0) is 25.2 Å². The van der Waals surface area contributed by atoms with Crippen LogP contribution in [0.2, 0.25) is 0 Å². The van der Waals surface area contributed by atoms with Gasteiger partial charge in [0, 0.05) is 36.9 Å². The molecule has 7 heteroatoms. The number of aliphatic hydroxyl groups is 1. The fraction of sp³-hybridized carbons (Fsp3) is 0.692. The minimum absolute atomic E-state index is 0. The summed E-state index contributed by atoms with van der Waals surface area (Å²) in [4.78, 5) is 8.51. The molecule has 1 fully saturated rings. The smallest absolute Gasteiger partial charge is 0.129 e. The van der Waals surface area contributed by atoms with E-state index in [1.54, 1.807) is 6.33 Å². The number of nitrogens with two attached hydrogens (primary N) is 1. The minimum atomic E-state index is 0. The van der Waals surface area contributed by atoms with Crippen LogP contribution in [0.1, 0.15) is 37.8 Å². The molecule has 20 heavy (non-hydrogen) atoms. The van der Waals surface area contributed by atoms with E-state index in [0.717, 1.165) is 37.3 Å². The van der Waals surface area contributed by atoms with Crippen LogP contribution < -0.4 is 11.1 Å². The molecule has 1 aliphatic carbocycles. The topological polar surface area (TPSA) is 84.1 Å². The van der Waals surface area contributed by atoms with Crippen LogP contribution in [0.25, 0.3) is 0 Å². The van der Waals surface area contributed by atoms with Crippen LogP contribution in [-0.2, 0) is 0 Å². The Balaban J connectivity index is 0.00000180. The van der Waals surface area contributed by atoms with E-state index in [9.17, 15) is 0 Å². The standard InChI is InChI=1S/C13H22N4O.2ClH/c1-9(7-18)2-3-15-13-6-12(16-8-17-13)10-4-11(14)5-10;;/h6,8-11,18H,2-5,7,14H2,1H3,(H,15,16,17);2*1H/t9-,10?,11?;;/m1../s1. The Morgan fingerprint density at radius 1 is 1.40 bits per heavy atom. The first-order valence-electron chi connectivity index (χ1n) is 6.61. The minimum Gasteiger partial charge on any atom is -0.396 e. The quantitative estimate of drug-likeness (QED) is 0.745. The van der Waals surface area contributed by atoms with Gasteiger partial charge >= 0.3 is 0 Å². The molecule has 0 bridgehead atoms. The molecule has 2 rings (SSSR count). The van der Waals surface area contributed by atoms with Crippen LogP contribution in [0.3, 0.4) is 0 Å². The second-order valence-corrected chi connectivity index (χ2v) is 5.26. The first kappa shape index (κ1) is 19.4. The Hall–Kier alpha value is -0.620. The highest BCUT2D eigenvalue weighted by Gasteiger charge is 2.28. The molecule has 1 aromatic heterocycles. The van der Waals surface area contributed by atoms with E-state index in [1.807, 2.05) is 13.0 Å². The molecule has 0 aromatic carbocycles. The van der Waals surface area contributed by atoms with Crippen molar-refractivity contribution in [3.63, 3.8) is 0 Å². The van der Waals surface area contributed by atoms with Gasteiger partial charge in [0.25, 0.3) is 0 Å². The number of aliphatic hydroxyl groups excluding tert-OH is 1. The number of hydrogen-bond donors (Lipinski definition) is 3. The number of anilines is 1. The van der Waals surface area contributed by atoms with Crippen molar-refractivity contribution in [1.82, 2.24) is 9.97 Å². The number of aromatic nitrogens is 2. The molecule has 4 N–H and O–H groups in total. The Morgan fingerprint density at radius 2 is 2.10 bits per heavy atom. The zero-order valence-corrected chi connectivity index (χ0v) is 13.3. The van der Waals surface area contributed by atoms with E-state index in [0.29, 0.717) is 17.9 Å². The Labute approximate surface area is 132 Å². The van der Waals surface area contributed by atoms with E-state index < -0.39 is 0 Å². The highest BCUT2D eigenvalue weighted by atomic mass is 35.5. The Kier molecular flexibility index (Phi) is 9.05. The van der Waals surface area contributed by atoms with E-state index >= 15 is 0 Å². The summed E-state index contributed by atoms with van der Waals surface area (Å²) < 4.78 is 0. The molecule has 116 valence electrons. The molecule has 0 saturated heterocycles. The molecule has 1 atom stereocenters. The van der Waals surface area contributed by atoms with Crippen LogP contribution in [0.4, 0.5) is 5.82 Å². The van der Waals surface area contributed by atoms with Crippen LogP contribution in [0.5, 0.6) is 0 Å². The maximum atomic E-state index is 8.95. The highest BCUT2D eigenvalue weighted by Crippen LogP contribution is 2.34. The van der Waals surface area contributed by atoms with E-state index in [2.05, 4.69) is 15.3 Å². The summed E-state index contributed by atoms with van der Waals surface area (Å²) in [7, 11) is 0. The van der Waals surface area contributed by atoms with Crippen molar-refractivity contribution >= 4 is 30.6 Å². The second-order valence-electron chi connectivity index (χ2n) is 5.26. The normalized spacial score (nSPS) is 21.9. The molecular formula is C13H24Cl2N4O. The van der Waals surface area contributed by atoms with Crippen LogP contribution in [0, 0.1) is 5.92 Å². The molecule has 1 heterocycles. The summed E-state index contributed by atoms with van der Waals surface area (Å²) in [5, 5.41) is 12.2. The lowest BCUT2D eigenvalue weighted by Crippen LogP contribution is -2.35. The van der Waals surface area contributed by atoms with Gasteiger partial charge in [0.05, 0.1) is 0 Å². The first-order chi connectivity index (χ1) is 8.69. The molecule has 0 unspecified atom stereocenters. The predicted molar refractivity (Wildman–Crippen MR) is 85.8 cm³/mol. The predicted octanol–water partition coefficient (Wildman–Crippen LogP) is 1.96. The molecule has 0 amide bonds. The SMILES string of the molecule is C[C@@H](CO)CCNc1cc(C2CC(N)C2)ncn1.Cl.Cl. The number of halogens is 2. The van der Waals surface area contributed by atoms with Gasteiger partial charge in [0.1, 0.15) is 12.1 Å². The number of nitrogens with zero attached hydrogens (tertiary/aromatic N) is 2. The van der Waals surface area contributed by atoms with Gasteiger partial charge in [-0.3, -0.25) is 0 Å². The van der Waals surface area contributed by atoms with Gasteiger partial charge < -0.3 is 16.2 Å². The van der Waals surface area contributed by atoms with Crippen molar-refractivity contribution in [1.29, 1.82) is 0 Å². The maximum Gasteiger partial charge on any atom is 0.129 e. The number of rotatable bonds is 6. The van der Waals surface area contributed by atoms with Crippen molar-refractivity contribution < 1.29 is 5.11 Å². The van der Waals surface area contributed by atoms with Crippen molar-refractivity contribution in [3.05, 3.63) is 18.1 Å². The third-order valence-electron chi connectivity index (χ3n) is 3.54. The second kappa shape index (κ2) is 9.34. The summed E-state index contributed by atoms with van der Waals surface area (Å²) in [6, 6.07) is 2.35. The van der Waals surface area contributed by atoms with Crippen molar-refractivity contribution in [2.75, 3.05) is 18.5 Å². The van der Waals surface area contributed by atoms with Gasteiger partial charge in [-0.1, -0.05) is 6.92 Å². The van der Waals surface area contributed by atoms with Crippen LogP contribution >= 0.6 is 24.8 Å². The fourth-order valence-electron chi connectivity index (χ4n) is 2.13. The zero-order chi connectivity index (χ0) is 13.0. The molecule has 1 saturated carbocycles. The summed E-state index contributed by atoms with van der Waals surface area (Å²) in [6.07, 6.45) is 4.59. The molecule has 5 nitrogen and oxygen atoms in total. The summed E-state index contributed by atoms with van der Waals surface area (Å²) in [5.74, 6) is 1.69.